The summed E-state index contributed by atoms with van der Waals surface area (Å²) in [5.41, 5.74) is 0.268. The van der Waals surface area contributed by atoms with Crippen LogP contribution in [-0.2, 0) is 19.1 Å². The molecule has 0 aromatic carbocycles. The number of carbonyl (C=O) groups is 2. The Kier molecular flexibility index (Phi) is 18.5. The third-order valence-electron chi connectivity index (χ3n) is 6.62. The third kappa shape index (κ3) is 17.4. The van der Waals surface area contributed by atoms with E-state index < -0.39 is 5.92 Å². The highest BCUT2D eigenvalue weighted by atomic mass is 16.5. The summed E-state index contributed by atoms with van der Waals surface area (Å²) in [4.78, 5) is 25.6. The van der Waals surface area contributed by atoms with Crippen molar-refractivity contribution in [3.63, 3.8) is 0 Å². The molecule has 0 aromatic rings. The Balaban J connectivity index is 4.89. The molecule has 0 amide bonds. The first kappa shape index (κ1) is 32.9. The normalized spacial score (nSPS) is 15.4. The van der Waals surface area contributed by atoms with Gasteiger partial charge in [0.2, 0.25) is 0 Å². The molecule has 4 unspecified atom stereocenters. The van der Waals surface area contributed by atoms with Crippen LogP contribution in [0, 0.1) is 29.1 Å². The van der Waals surface area contributed by atoms with Gasteiger partial charge in [-0.3, -0.25) is 9.59 Å². The molecule has 0 aromatic heterocycles. The van der Waals surface area contributed by atoms with Crippen molar-refractivity contribution in [3.8, 4) is 0 Å². The van der Waals surface area contributed by atoms with Gasteiger partial charge in [0, 0.05) is 6.54 Å². The minimum Gasteiger partial charge on any atom is -0.465 e. The average Bonchev–Trinajstić information content (AvgIpc) is 2.77. The molecule has 4 atom stereocenters. The van der Waals surface area contributed by atoms with E-state index in [1.165, 1.54) is 0 Å². The van der Waals surface area contributed by atoms with Crippen molar-refractivity contribution in [3.05, 3.63) is 0 Å². The minimum atomic E-state index is -0.506. The van der Waals surface area contributed by atoms with Crippen molar-refractivity contribution < 1.29 is 19.1 Å². The van der Waals surface area contributed by atoms with Gasteiger partial charge in [0.1, 0.15) is 0 Å². The number of unbranched alkanes of at least 4 members (excludes halogenated alkanes) is 2. The van der Waals surface area contributed by atoms with Gasteiger partial charge in [0.25, 0.3) is 0 Å². The molecule has 0 saturated carbocycles. The van der Waals surface area contributed by atoms with Gasteiger partial charge in [-0.1, -0.05) is 93.9 Å². The van der Waals surface area contributed by atoms with Crippen LogP contribution in [0.25, 0.3) is 0 Å². The Labute approximate surface area is 211 Å². The fourth-order valence-corrected chi connectivity index (χ4v) is 4.45. The molecule has 0 aliphatic carbocycles. The highest BCUT2D eigenvalue weighted by Gasteiger charge is 2.26. The molecule has 34 heavy (non-hydrogen) atoms. The molecule has 1 N–H and O–H groups in total. The monoisotopic (exact) mass is 483 g/mol. The first-order valence-corrected chi connectivity index (χ1v) is 14.1. The summed E-state index contributed by atoms with van der Waals surface area (Å²) in [5, 5.41) is 3.43. The van der Waals surface area contributed by atoms with Gasteiger partial charge in [-0.25, -0.2) is 0 Å². The van der Waals surface area contributed by atoms with Crippen molar-refractivity contribution >= 4 is 11.9 Å². The molecule has 0 radical (unpaired) electrons. The van der Waals surface area contributed by atoms with Crippen molar-refractivity contribution in [2.24, 2.45) is 29.1 Å². The Bertz CT molecular complexity index is 529. The molecule has 0 bridgehead atoms. The van der Waals surface area contributed by atoms with Gasteiger partial charge in [0.05, 0.1) is 25.6 Å². The van der Waals surface area contributed by atoms with Crippen LogP contribution in [0.4, 0.5) is 0 Å². The first-order valence-electron chi connectivity index (χ1n) is 14.1. The zero-order valence-electron chi connectivity index (χ0n) is 23.8. The van der Waals surface area contributed by atoms with E-state index in [-0.39, 0.29) is 23.8 Å². The van der Waals surface area contributed by atoms with Crippen molar-refractivity contribution in [1.29, 1.82) is 0 Å². The molecule has 0 saturated heterocycles. The van der Waals surface area contributed by atoms with E-state index in [0.717, 1.165) is 64.3 Å². The lowest BCUT2D eigenvalue weighted by Crippen LogP contribution is -2.35. The average molecular weight is 484 g/mol. The number of rotatable bonds is 20. The first-order chi connectivity index (χ1) is 16.1. The molecule has 0 heterocycles. The summed E-state index contributed by atoms with van der Waals surface area (Å²) in [6.45, 7) is 19.7. The van der Waals surface area contributed by atoms with E-state index in [4.69, 9.17) is 9.47 Å². The number of ether oxygens (including phenoxy) is 2. The van der Waals surface area contributed by atoms with Gasteiger partial charge in [-0.2, -0.15) is 0 Å². The van der Waals surface area contributed by atoms with Gasteiger partial charge in [-0.15, -0.1) is 0 Å². The van der Waals surface area contributed by atoms with Crippen LogP contribution in [0.2, 0.25) is 0 Å². The summed E-state index contributed by atoms with van der Waals surface area (Å²) in [5.74, 6) is 0.204. The molecular weight excluding hydrogens is 426 g/mol. The number of hydrogen-bond acceptors (Lipinski definition) is 5. The lowest BCUT2D eigenvalue weighted by molar-refractivity contribution is -0.156. The summed E-state index contributed by atoms with van der Waals surface area (Å²) in [6.07, 6.45) is 9.93. The quantitative estimate of drug-likeness (QED) is 0.186. The molecule has 0 aliphatic heterocycles. The SMILES string of the molecule is CCCCC(CC)COC(=O)CC(CNCC(C)CC(C)(C)C)C(=O)OCC(CC)CCCC. The van der Waals surface area contributed by atoms with Crippen LogP contribution in [0.15, 0.2) is 0 Å². The summed E-state index contributed by atoms with van der Waals surface area (Å²) >= 11 is 0. The van der Waals surface area contributed by atoms with Crippen LogP contribution in [-0.4, -0.2) is 38.2 Å². The van der Waals surface area contributed by atoms with E-state index >= 15 is 0 Å². The maximum atomic E-state index is 12.9. The van der Waals surface area contributed by atoms with Crippen molar-refractivity contribution in [2.45, 2.75) is 120 Å². The van der Waals surface area contributed by atoms with Gasteiger partial charge in [-0.05, 0) is 49.0 Å². The topological polar surface area (TPSA) is 64.6 Å². The van der Waals surface area contributed by atoms with Gasteiger partial charge in [0.15, 0.2) is 0 Å². The fraction of sp³-hybridized carbons (Fsp3) is 0.931. The zero-order chi connectivity index (χ0) is 26.0. The van der Waals surface area contributed by atoms with E-state index in [2.05, 4.69) is 60.7 Å². The Hall–Kier alpha value is -1.10. The second-order valence-electron chi connectivity index (χ2n) is 11.6. The van der Waals surface area contributed by atoms with Crippen molar-refractivity contribution in [2.75, 3.05) is 26.3 Å². The number of nitrogens with one attached hydrogen (secondary N) is 1. The van der Waals surface area contributed by atoms with Crippen LogP contribution < -0.4 is 5.32 Å². The number of hydrogen-bond donors (Lipinski definition) is 1. The molecule has 202 valence electrons. The Morgan fingerprint density at radius 3 is 1.82 bits per heavy atom. The Morgan fingerprint density at radius 1 is 0.824 bits per heavy atom. The molecule has 5 heteroatoms. The molecule has 0 spiro atoms. The summed E-state index contributed by atoms with van der Waals surface area (Å²) in [7, 11) is 0. The summed E-state index contributed by atoms with van der Waals surface area (Å²) in [6, 6.07) is 0. The van der Waals surface area contributed by atoms with E-state index in [1.807, 2.05) is 0 Å². The smallest absolute Gasteiger partial charge is 0.310 e. The van der Waals surface area contributed by atoms with E-state index in [1.54, 1.807) is 0 Å². The minimum absolute atomic E-state index is 0.0788. The predicted molar refractivity (Wildman–Crippen MR) is 143 cm³/mol. The van der Waals surface area contributed by atoms with E-state index in [9.17, 15) is 9.59 Å². The van der Waals surface area contributed by atoms with Crippen LogP contribution in [0.1, 0.15) is 120 Å². The van der Waals surface area contributed by atoms with Crippen molar-refractivity contribution in [1.82, 2.24) is 5.32 Å². The van der Waals surface area contributed by atoms with Gasteiger partial charge < -0.3 is 14.8 Å². The standard InChI is InChI=1S/C29H57NO4/c1-9-13-15-24(11-3)21-33-27(31)17-26(20-30-19-23(5)18-29(6,7)8)28(32)34-22-25(12-4)16-14-10-2/h23-26,30H,9-22H2,1-8H3. The highest BCUT2D eigenvalue weighted by molar-refractivity contribution is 5.80. The third-order valence-corrected chi connectivity index (χ3v) is 6.62. The largest absolute Gasteiger partial charge is 0.465 e. The molecule has 0 aliphatic rings. The Morgan fingerprint density at radius 2 is 1.35 bits per heavy atom. The van der Waals surface area contributed by atoms with Crippen LogP contribution >= 0.6 is 0 Å². The van der Waals surface area contributed by atoms with Gasteiger partial charge >= 0.3 is 11.9 Å². The summed E-state index contributed by atoms with van der Waals surface area (Å²) < 4.78 is 11.3. The second kappa shape index (κ2) is 19.1. The van der Waals surface area contributed by atoms with E-state index in [0.29, 0.717) is 37.5 Å². The molecule has 5 nitrogen and oxygen atoms in total. The lowest BCUT2D eigenvalue weighted by atomic mass is 9.85. The molecular formula is C29H57NO4. The predicted octanol–water partition coefficient (Wildman–Crippen LogP) is 7.17. The second-order valence-corrected chi connectivity index (χ2v) is 11.6. The molecule has 0 rings (SSSR count). The molecule has 0 fully saturated rings. The zero-order valence-corrected chi connectivity index (χ0v) is 23.8. The number of carbonyl (C=O) groups excluding carboxylic acids is 2. The maximum absolute atomic E-state index is 12.9. The highest BCUT2D eigenvalue weighted by Crippen LogP contribution is 2.24. The van der Waals surface area contributed by atoms with Crippen LogP contribution in [0.5, 0.6) is 0 Å². The van der Waals surface area contributed by atoms with Crippen LogP contribution in [0.3, 0.4) is 0 Å². The fourth-order valence-electron chi connectivity index (χ4n) is 4.45. The maximum Gasteiger partial charge on any atom is 0.310 e. The number of esters is 2. The lowest BCUT2D eigenvalue weighted by Gasteiger charge is -2.24.